The van der Waals surface area contributed by atoms with Gasteiger partial charge in [-0.05, 0) is 55.2 Å². The molecular formula is C24H26FN5O2. The molecule has 4 rings (SSSR count). The Hall–Kier alpha value is -3.39. The average Bonchev–Trinajstić information content (AvgIpc) is 2.82. The molecule has 3 aromatic rings. The fraction of sp³-hybridized carbons (Fsp3) is 0.333. The minimum atomic E-state index is -0.286. The molecule has 1 N–H and O–H groups in total. The van der Waals surface area contributed by atoms with E-state index < -0.39 is 0 Å². The number of amides is 1. The number of pyridine rings is 1. The Morgan fingerprint density at radius 3 is 2.88 bits per heavy atom. The van der Waals surface area contributed by atoms with Crippen molar-refractivity contribution in [1.82, 2.24) is 19.9 Å². The van der Waals surface area contributed by atoms with Crippen LogP contribution in [0.1, 0.15) is 35.8 Å². The van der Waals surface area contributed by atoms with Crippen molar-refractivity contribution in [3.05, 3.63) is 77.5 Å². The summed E-state index contributed by atoms with van der Waals surface area (Å²) in [4.78, 5) is 27.5. The molecule has 7 nitrogen and oxygen atoms in total. The van der Waals surface area contributed by atoms with Gasteiger partial charge >= 0.3 is 0 Å². The van der Waals surface area contributed by atoms with Gasteiger partial charge in [-0.3, -0.25) is 4.79 Å². The zero-order chi connectivity index (χ0) is 22.3. The van der Waals surface area contributed by atoms with Gasteiger partial charge in [0, 0.05) is 25.4 Å². The third-order valence-electron chi connectivity index (χ3n) is 5.40. The van der Waals surface area contributed by atoms with Crippen LogP contribution in [-0.4, -0.2) is 45.5 Å². The van der Waals surface area contributed by atoms with Crippen molar-refractivity contribution in [2.45, 2.75) is 32.3 Å². The first-order chi connectivity index (χ1) is 15.6. The number of carbonyl (C=O) groups is 1. The van der Waals surface area contributed by atoms with Crippen LogP contribution in [-0.2, 0) is 16.0 Å². The molecule has 1 fully saturated rings. The van der Waals surface area contributed by atoms with Crippen molar-refractivity contribution in [3.8, 4) is 0 Å². The summed E-state index contributed by atoms with van der Waals surface area (Å²) in [6, 6.07) is 12.5. The minimum absolute atomic E-state index is 0.101. The molecule has 0 radical (unpaired) electrons. The van der Waals surface area contributed by atoms with Crippen LogP contribution in [0.4, 0.5) is 16.2 Å². The van der Waals surface area contributed by atoms with Gasteiger partial charge in [0.25, 0.3) is 0 Å². The Balaban J connectivity index is 1.32. The van der Waals surface area contributed by atoms with Crippen LogP contribution in [0.5, 0.6) is 0 Å². The highest BCUT2D eigenvalue weighted by Crippen LogP contribution is 2.23. The molecule has 2 aromatic heterocycles. The normalized spacial score (nSPS) is 16.1. The number of anilines is 2. The summed E-state index contributed by atoms with van der Waals surface area (Å²) in [5.74, 6) is 0.989. The summed E-state index contributed by atoms with van der Waals surface area (Å²) in [5, 5.41) is 3.08. The molecule has 0 aliphatic carbocycles. The van der Waals surface area contributed by atoms with Gasteiger partial charge in [0.1, 0.15) is 17.7 Å². The first kappa shape index (κ1) is 21.8. The van der Waals surface area contributed by atoms with Gasteiger partial charge in [-0.1, -0.05) is 18.2 Å². The Kier molecular flexibility index (Phi) is 7.01. The molecule has 1 unspecified atom stereocenters. The fourth-order valence-corrected chi connectivity index (χ4v) is 3.70. The fourth-order valence-electron chi connectivity index (χ4n) is 3.70. The third kappa shape index (κ3) is 5.64. The third-order valence-corrected chi connectivity index (χ3v) is 5.40. The van der Waals surface area contributed by atoms with Crippen LogP contribution in [0.25, 0.3) is 0 Å². The van der Waals surface area contributed by atoms with Crippen LogP contribution < -0.4 is 5.32 Å². The molecule has 1 saturated heterocycles. The van der Waals surface area contributed by atoms with Gasteiger partial charge in [-0.2, -0.15) is 0 Å². The van der Waals surface area contributed by atoms with Crippen molar-refractivity contribution in [3.63, 3.8) is 0 Å². The van der Waals surface area contributed by atoms with Crippen LogP contribution in [0.2, 0.25) is 0 Å². The molecule has 1 aromatic carbocycles. The molecule has 3 heterocycles. The first-order valence-corrected chi connectivity index (χ1v) is 10.7. The zero-order valence-electron chi connectivity index (χ0n) is 18.0. The smallest absolute Gasteiger partial charge is 0.228 e. The Bertz CT molecular complexity index is 1060. The summed E-state index contributed by atoms with van der Waals surface area (Å²) in [6.07, 6.45) is 4.95. The molecule has 8 heteroatoms. The molecule has 1 aliphatic heterocycles. The van der Waals surface area contributed by atoms with E-state index in [4.69, 9.17) is 4.74 Å². The van der Waals surface area contributed by atoms with Gasteiger partial charge in [0.05, 0.1) is 18.8 Å². The number of hydrogen-bond donors (Lipinski definition) is 1. The Morgan fingerprint density at radius 1 is 1.22 bits per heavy atom. The zero-order valence-corrected chi connectivity index (χ0v) is 18.0. The SMILES string of the molecule is Cc1cc(CCCC(=O)N2CCOC(c3cccc(Nc4ncccn4)n3)C2)ccc1F. The lowest BCUT2D eigenvalue weighted by Crippen LogP contribution is -2.42. The largest absolute Gasteiger partial charge is 0.368 e. The molecule has 1 amide bonds. The second kappa shape index (κ2) is 10.3. The van der Waals surface area contributed by atoms with E-state index in [0.717, 1.165) is 24.1 Å². The highest BCUT2D eigenvalue weighted by atomic mass is 19.1. The number of nitrogens with zero attached hydrogens (tertiary/aromatic N) is 4. The van der Waals surface area contributed by atoms with Gasteiger partial charge in [0.15, 0.2) is 0 Å². The van der Waals surface area contributed by atoms with Gasteiger partial charge < -0.3 is 15.0 Å². The molecule has 0 spiro atoms. The number of rotatable bonds is 7. The number of halogens is 1. The number of ether oxygens (including phenoxy) is 1. The molecule has 1 aliphatic rings. The second-order valence-corrected chi connectivity index (χ2v) is 7.78. The predicted octanol–water partition coefficient (Wildman–Crippen LogP) is 3.99. The number of hydrogen-bond acceptors (Lipinski definition) is 6. The van der Waals surface area contributed by atoms with E-state index in [-0.39, 0.29) is 17.8 Å². The van der Waals surface area contributed by atoms with E-state index in [9.17, 15) is 9.18 Å². The van der Waals surface area contributed by atoms with Crippen LogP contribution in [0.15, 0.2) is 54.9 Å². The lowest BCUT2D eigenvalue weighted by atomic mass is 10.0. The Labute approximate surface area is 186 Å². The highest BCUT2D eigenvalue weighted by molar-refractivity contribution is 5.76. The molecule has 0 saturated carbocycles. The number of benzene rings is 1. The number of aromatic nitrogens is 3. The standard InChI is InChI=1S/C24H26FN5O2/c1-17-15-18(9-10-19(17)25)5-2-8-23(31)30-13-14-32-21(16-30)20-6-3-7-22(28-20)29-24-26-11-4-12-27-24/h3-4,6-7,9-12,15,21H,2,5,8,13-14,16H2,1H3,(H,26,27,28,29). The first-order valence-electron chi connectivity index (χ1n) is 10.7. The topological polar surface area (TPSA) is 80.2 Å². The lowest BCUT2D eigenvalue weighted by molar-refractivity contribution is -0.139. The quantitative estimate of drug-likeness (QED) is 0.605. The van der Waals surface area contributed by atoms with Gasteiger partial charge in [0.2, 0.25) is 11.9 Å². The summed E-state index contributed by atoms with van der Waals surface area (Å²) in [5.41, 5.74) is 2.44. The maximum Gasteiger partial charge on any atom is 0.228 e. The maximum atomic E-state index is 13.4. The molecule has 32 heavy (non-hydrogen) atoms. The molecule has 0 bridgehead atoms. The summed E-state index contributed by atoms with van der Waals surface area (Å²) in [7, 11) is 0. The van der Waals surface area contributed by atoms with Crippen LogP contribution in [0, 0.1) is 12.7 Å². The van der Waals surface area contributed by atoms with Crippen molar-refractivity contribution < 1.29 is 13.9 Å². The number of nitrogens with one attached hydrogen (secondary N) is 1. The monoisotopic (exact) mass is 435 g/mol. The van der Waals surface area contributed by atoms with Gasteiger partial charge in [-0.25, -0.2) is 19.3 Å². The second-order valence-electron chi connectivity index (χ2n) is 7.78. The van der Waals surface area contributed by atoms with Crippen molar-refractivity contribution in [1.29, 1.82) is 0 Å². The van der Waals surface area contributed by atoms with Gasteiger partial charge in [-0.15, -0.1) is 0 Å². The van der Waals surface area contributed by atoms with Crippen LogP contribution >= 0.6 is 0 Å². The van der Waals surface area contributed by atoms with E-state index in [1.165, 1.54) is 6.07 Å². The predicted molar refractivity (Wildman–Crippen MR) is 119 cm³/mol. The van der Waals surface area contributed by atoms with E-state index in [0.29, 0.717) is 43.4 Å². The molecule has 166 valence electrons. The van der Waals surface area contributed by atoms with Crippen molar-refractivity contribution >= 4 is 17.7 Å². The van der Waals surface area contributed by atoms with E-state index in [1.807, 2.05) is 29.2 Å². The number of carbonyl (C=O) groups excluding carboxylic acids is 1. The summed E-state index contributed by atoms with van der Waals surface area (Å²) >= 11 is 0. The number of morpholine rings is 1. The van der Waals surface area contributed by atoms with Crippen LogP contribution in [0.3, 0.4) is 0 Å². The minimum Gasteiger partial charge on any atom is -0.368 e. The van der Waals surface area contributed by atoms with E-state index in [1.54, 1.807) is 31.5 Å². The summed E-state index contributed by atoms with van der Waals surface area (Å²) in [6.45, 7) is 3.26. The Morgan fingerprint density at radius 2 is 2.06 bits per heavy atom. The van der Waals surface area contributed by atoms with Crippen molar-refractivity contribution in [2.75, 3.05) is 25.0 Å². The number of aryl methyl sites for hydroxylation is 2. The highest BCUT2D eigenvalue weighted by Gasteiger charge is 2.26. The average molecular weight is 436 g/mol. The maximum absolute atomic E-state index is 13.4. The molecular weight excluding hydrogens is 409 g/mol. The molecule has 1 atom stereocenters. The van der Waals surface area contributed by atoms with Crippen molar-refractivity contribution in [2.24, 2.45) is 0 Å². The van der Waals surface area contributed by atoms with E-state index >= 15 is 0 Å². The lowest BCUT2D eigenvalue weighted by Gasteiger charge is -2.33. The summed E-state index contributed by atoms with van der Waals surface area (Å²) < 4.78 is 19.3. The van der Waals surface area contributed by atoms with E-state index in [2.05, 4.69) is 20.3 Å².